The zero-order chi connectivity index (χ0) is 11.1. The van der Waals surface area contributed by atoms with E-state index in [1.165, 1.54) is 0 Å². The summed E-state index contributed by atoms with van der Waals surface area (Å²) in [6.07, 6.45) is 4.51. The Morgan fingerprint density at radius 1 is 1.20 bits per heavy atom. The van der Waals surface area contributed by atoms with Crippen molar-refractivity contribution in [3.05, 3.63) is 23.8 Å². The quantitative estimate of drug-likeness (QED) is 0.697. The van der Waals surface area contributed by atoms with Crippen molar-refractivity contribution in [3.63, 3.8) is 0 Å². The lowest BCUT2D eigenvalue weighted by Gasteiger charge is -2.16. The van der Waals surface area contributed by atoms with E-state index in [2.05, 4.69) is 28.7 Å². The molecule has 0 spiro atoms. The van der Waals surface area contributed by atoms with Crippen molar-refractivity contribution in [2.45, 2.75) is 26.1 Å². The van der Waals surface area contributed by atoms with E-state index in [-0.39, 0.29) is 0 Å². The average Bonchev–Trinajstić information content (AvgIpc) is 2.31. The topological polar surface area (TPSA) is 29.0 Å². The number of halogens is 1. The Balaban J connectivity index is 2.43. The van der Waals surface area contributed by atoms with Gasteiger partial charge in [-0.15, -0.1) is 11.6 Å². The van der Waals surface area contributed by atoms with Crippen LogP contribution >= 0.6 is 11.6 Å². The van der Waals surface area contributed by atoms with Crippen LogP contribution in [0.2, 0.25) is 0 Å². The van der Waals surface area contributed by atoms with E-state index in [4.69, 9.17) is 11.6 Å². The lowest BCUT2D eigenvalue weighted by atomic mass is 10.3. The Labute approximate surface area is 96.5 Å². The molecule has 1 aromatic rings. The summed E-state index contributed by atoms with van der Waals surface area (Å²) in [7, 11) is 0. The molecule has 84 valence electrons. The first-order chi connectivity index (χ1) is 7.30. The molecule has 1 rings (SSSR count). The highest BCUT2D eigenvalue weighted by Gasteiger charge is 2.01. The number of aromatic nitrogens is 2. The molecule has 1 aromatic heterocycles. The minimum atomic E-state index is 0.482. The molecule has 0 aliphatic carbocycles. The molecular formula is C11H18ClN3. The zero-order valence-electron chi connectivity index (χ0n) is 9.41. The third kappa shape index (κ3) is 4.14. The summed E-state index contributed by atoms with van der Waals surface area (Å²) < 4.78 is 0. The lowest BCUT2D eigenvalue weighted by Crippen LogP contribution is -2.25. The molecular weight excluding hydrogens is 210 g/mol. The molecule has 0 amide bonds. The molecule has 15 heavy (non-hydrogen) atoms. The van der Waals surface area contributed by atoms with Gasteiger partial charge >= 0.3 is 0 Å². The maximum Gasteiger partial charge on any atom is 0.129 e. The van der Waals surface area contributed by atoms with Crippen molar-refractivity contribution in [3.8, 4) is 0 Å². The fraction of sp³-hybridized carbons (Fsp3) is 0.636. The number of likely N-dealkylation sites (N-methyl/N-ethyl adjacent to an activating group) is 1. The van der Waals surface area contributed by atoms with Crippen LogP contribution in [0.1, 0.15) is 25.2 Å². The third-order valence-electron chi connectivity index (χ3n) is 2.46. The second kappa shape index (κ2) is 6.75. The van der Waals surface area contributed by atoms with Crippen LogP contribution in [-0.4, -0.2) is 34.5 Å². The SMILES string of the molecule is CCN(CC)CCc1ncc(CCl)cn1. The Kier molecular flexibility index (Phi) is 5.58. The minimum absolute atomic E-state index is 0.482. The van der Waals surface area contributed by atoms with Crippen LogP contribution in [0.25, 0.3) is 0 Å². The van der Waals surface area contributed by atoms with Gasteiger partial charge in [0.15, 0.2) is 0 Å². The van der Waals surface area contributed by atoms with Crippen LogP contribution in [0.3, 0.4) is 0 Å². The highest BCUT2D eigenvalue weighted by Crippen LogP contribution is 2.01. The molecule has 0 atom stereocenters. The molecule has 0 saturated carbocycles. The molecule has 0 saturated heterocycles. The van der Waals surface area contributed by atoms with Gasteiger partial charge in [0, 0.05) is 30.9 Å². The summed E-state index contributed by atoms with van der Waals surface area (Å²) in [5.74, 6) is 1.38. The van der Waals surface area contributed by atoms with Crippen molar-refractivity contribution in [2.24, 2.45) is 0 Å². The van der Waals surface area contributed by atoms with Crippen molar-refractivity contribution < 1.29 is 0 Å². The van der Waals surface area contributed by atoms with Gasteiger partial charge in [-0.05, 0) is 13.1 Å². The molecule has 1 heterocycles. The van der Waals surface area contributed by atoms with E-state index >= 15 is 0 Å². The highest BCUT2D eigenvalue weighted by atomic mass is 35.5. The van der Waals surface area contributed by atoms with E-state index in [9.17, 15) is 0 Å². The molecule has 0 fully saturated rings. The molecule has 0 aliphatic heterocycles. The Morgan fingerprint density at radius 2 is 1.80 bits per heavy atom. The van der Waals surface area contributed by atoms with Crippen LogP contribution in [-0.2, 0) is 12.3 Å². The number of hydrogen-bond donors (Lipinski definition) is 0. The first-order valence-corrected chi connectivity index (χ1v) is 5.91. The van der Waals surface area contributed by atoms with Gasteiger partial charge < -0.3 is 4.90 Å². The highest BCUT2D eigenvalue weighted by molar-refractivity contribution is 6.17. The van der Waals surface area contributed by atoms with Gasteiger partial charge in [-0.2, -0.15) is 0 Å². The molecule has 0 aliphatic rings. The first kappa shape index (κ1) is 12.4. The van der Waals surface area contributed by atoms with Crippen molar-refractivity contribution in [1.29, 1.82) is 0 Å². The largest absolute Gasteiger partial charge is 0.303 e. The summed E-state index contributed by atoms with van der Waals surface area (Å²) in [4.78, 5) is 10.9. The van der Waals surface area contributed by atoms with Gasteiger partial charge in [0.05, 0.1) is 5.88 Å². The molecule has 0 N–H and O–H groups in total. The van der Waals surface area contributed by atoms with Crippen molar-refractivity contribution in [2.75, 3.05) is 19.6 Å². The van der Waals surface area contributed by atoms with Crippen LogP contribution in [0.15, 0.2) is 12.4 Å². The average molecular weight is 228 g/mol. The second-order valence-corrected chi connectivity index (χ2v) is 3.69. The number of hydrogen-bond acceptors (Lipinski definition) is 3. The van der Waals surface area contributed by atoms with Gasteiger partial charge in [0.1, 0.15) is 5.82 Å². The van der Waals surface area contributed by atoms with E-state index in [1.54, 1.807) is 12.4 Å². The van der Waals surface area contributed by atoms with Gasteiger partial charge in [0.25, 0.3) is 0 Å². The molecule has 0 radical (unpaired) electrons. The predicted molar refractivity (Wildman–Crippen MR) is 63.1 cm³/mol. The van der Waals surface area contributed by atoms with E-state index < -0.39 is 0 Å². The van der Waals surface area contributed by atoms with E-state index in [0.717, 1.165) is 37.4 Å². The van der Waals surface area contributed by atoms with Crippen molar-refractivity contribution in [1.82, 2.24) is 14.9 Å². The van der Waals surface area contributed by atoms with Crippen LogP contribution in [0.5, 0.6) is 0 Å². The Bertz CT molecular complexity index is 270. The molecule has 3 nitrogen and oxygen atoms in total. The lowest BCUT2D eigenvalue weighted by molar-refractivity contribution is 0.305. The molecule has 0 aromatic carbocycles. The van der Waals surface area contributed by atoms with Crippen LogP contribution in [0, 0.1) is 0 Å². The predicted octanol–water partition coefficient (Wildman–Crippen LogP) is 2.10. The van der Waals surface area contributed by atoms with Gasteiger partial charge in [-0.3, -0.25) is 0 Å². The Hall–Kier alpha value is -0.670. The van der Waals surface area contributed by atoms with Gasteiger partial charge in [-0.25, -0.2) is 9.97 Å². The molecule has 4 heteroatoms. The van der Waals surface area contributed by atoms with E-state index in [0.29, 0.717) is 5.88 Å². The summed E-state index contributed by atoms with van der Waals surface area (Å²) in [5, 5.41) is 0. The monoisotopic (exact) mass is 227 g/mol. The summed E-state index contributed by atoms with van der Waals surface area (Å²) >= 11 is 5.66. The van der Waals surface area contributed by atoms with E-state index in [1.807, 2.05) is 0 Å². The fourth-order valence-electron chi connectivity index (χ4n) is 1.38. The minimum Gasteiger partial charge on any atom is -0.303 e. The summed E-state index contributed by atoms with van der Waals surface area (Å²) in [6.45, 7) is 7.52. The van der Waals surface area contributed by atoms with Gasteiger partial charge in [0.2, 0.25) is 0 Å². The first-order valence-electron chi connectivity index (χ1n) is 5.38. The molecule has 0 bridgehead atoms. The maximum absolute atomic E-state index is 5.66. The molecule has 0 unspecified atom stereocenters. The second-order valence-electron chi connectivity index (χ2n) is 3.42. The summed E-state index contributed by atoms with van der Waals surface area (Å²) in [6, 6.07) is 0. The summed E-state index contributed by atoms with van der Waals surface area (Å²) in [5.41, 5.74) is 0.975. The normalized spacial score (nSPS) is 10.9. The van der Waals surface area contributed by atoms with Crippen LogP contribution < -0.4 is 0 Å². The standard InChI is InChI=1S/C11H18ClN3/c1-3-15(4-2)6-5-11-13-8-10(7-12)9-14-11/h8-9H,3-7H2,1-2H3. The number of rotatable bonds is 6. The smallest absolute Gasteiger partial charge is 0.129 e. The zero-order valence-corrected chi connectivity index (χ0v) is 10.2. The Morgan fingerprint density at radius 3 is 2.27 bits per heavy atom. The van der Waals surface area contributed by atoms with Crippen LogP contribution in [0.4, 0.5) is 0 Å². The van der Waals surface area contributed by atoms with Crippen molar-refractivity contribution >= 4 is 11.6 Å². The van der Waals surface area contributed by atoms with Gasteiger partial charge in [-0.1, -0.05) is 13.8 Å². The number of alkyl halides is 1. The number of nitrogens with zero attached hydrogens (tertiary/aromatic N) is 3. The fourth-order valence-corrected chi connectivity index (χ4v) is 1.52. The third-order valence-corrected chi connectivity index (χ3v) is 2.77. The maximum atomic E-state index is 5.66.